The van der Waals surface area contributed by atoms with Gasteiger partial charge >= 0.3 is 0 Å². The van der Waals surface area contributed by atoms with E-state index in [1.54, 1.807) is 11.1 Å². The molecule has 1 N–H and O–H groups in total. The first-order chi connectivity index (χ1) is 10.6. The third-order valence-electron chi connectivity index (χ3n) is 7.13. The highest BCUT2D eigenvalue weighted by Gasteiger charge is 2.52. The minimum atomic E-state index is 0.197. The van der Waals surface area contributed by atoms with Crippen LogP contribution in [0.1, 0.15) is 52.4 Å². The first-order valence-electron chi connectivity index (χ1n) is 8.98. The zero-order chi connectivity index (χ0) is 15.4. The quantitative estimate of drug-likeness (QED) is 0.714. The fourth-order valence-corrected chi connectivity index (χ4v) is 5.83. The molecule has 4 rings (SSSR count). The van der Waals surface area contributed by atoms with Crippen LogP contribution in [0.2, 0.25) is 0 Å². The maximum absolute atomic E-state index is 9.39. The van der Waals surface area contributed by atoms with Crippen LogP contribution in [-0.4, -0.2) is 11.7 Å². The second kappa shape index (κ2) is 4.96. The van der Waals surface area contributed by atoms with Gasteiger partial charge in [0, 0.05) is 12.0 Å². The number of aliphatic hydroxyl groups is 1. The van der Waals surface area contributed by atoms with Crippen molar-refractivity contribution in [1.29, 1.82) is 0 Å². The van der Waals surface area contributed by atoms with Crippen LogP contribution in [0.25, 0.3) is 0 Å². The normalized spacial score (nSPS) is 42.8. The molecule has 0 saturated heterocycles. The topological polar surface area (TPSA) is 20.2 Å². The van der Waals surface area contributed by atoms with E-state index < -0.39 is 0 Å². The van der Waals surface area contributed by atoms with Crippen LogP contribution in [0.4, 0.5) is 0 Å². The van der Waals surface area contributed by atoms with Gasteiger partial charge in [0.15, 0.2) is 0 Å². The van der Waals surface area contributed by atoms with Crippen LogP contribution in [0, 0.1) is 22.7 Å². The molecule has 4 atom stereocenters. The second-order valence-corrected chi connectivity index (χ2v) is 8.04. The summed E-state index contributed by atoms with van der Waals surface area (Å²) in [6.45, 7) is 5.18. The van der Waals surface area contributed by atoms with E-state index >= 15 is 0 Å². The maximum atomic E-state index is 9.39. The van der Waals surface area contributed by atoms with Gasteiger partial charge in [0.05, 0.1) is 0 Å². The van der Waals surface area contributed by atoms with Crippen LogP contribution in [0.15, 0.2) is 47.1 Å². The molecule has 0 spiro atoms. The predicted octanol–water partition coefficient (Wildman–Crippen LogP) is 4.95. The van der Waals surface area contributed by atoms with Crippen molar-refractivity contribution >= 4 is 0 Å². The molecular weight excluding hydrogens is 268 g/mol. The molecule has 0 unspecified atom stereocenters. The van der Waals surface area contributed by atoms with Crippen molar-refractivity contribution in [2.45, 2.75) is 52.4 Å². The Kier molecular flexibility index (Phi) is 3.27. The third-order valence-corrected chi connectivity index (χ3v) is 7.13. The molecule has 4 aliphatic carbocycles. The molecular formula is C21H28O. The summed E-state index contributed by atoms with van der Waals surface area (Å²) in [7, 11) is 0. The molecule has 22 heavy (non-hydrogen) atoms. The molecule has 0 amide bonds. The van der Waals surface area contributed by atoms with Crippen molar-refractivity contribution in [3.05, 3.63) is 47.1 Å². The fourth-order valence-electron chi connectivity index (χ4n) is 5.83. The van der Waals surface area contributed by atoms with Gasteiger partial charge in [-0.1, -0.05) is 54.0 Å². The van der Waals surface area contributed by atoms with Crippen molar-refractivity contribution in [3.8, 4) is 0 Å². The number of allylic oxidation sites excluding steroid dienone is 7. The minimum absolute atomic E-state index is 0.197. The molecule has 1 nitrogen and oxygen atoms in total. The van der Waals surface area contributed by atoms with E-state index in [1.807, 2.05) is 0 Å². The van der Waals surface area contributed by atoms with Crippen LogP contribution in [0.3, 0.4) is 0 Å². The minimum Gasteiger partial charge on any atom is -0.396 e. The summed E-state index contributed by atoms with van der Waals surface area (Å²) in [5.41, 5.74) is 5.36. The average molecular weight is 296 g/mol. The van der Waals surface area contributed by atoms with Crippen LogP contribution in [0.5, 0.6) is 0 Å². The second-order valence-electron chi connectivity index (χ2n) is 8.04. The summed E-state index contributed by atoms with van der Waals surface area (Å²) in [4.78, 5) is 0. The molecule has 0 aromatic carbocycles. The Balaban J connectivity index is 1.72. The average Bonchev–Trinajstić information content (AvgIpc) is 2.84. The van der Waals surface area contributed by atoms with E-state index in [9.17, 15) is 5.11 Å². The van der Waals surface area contributed by atoms with E-state index in [0.717, 1.165) is 31.1 Å². The number of hydrogen-bond acceptors (Lipinski definition) is 1. The van der Waals surface area contributed by atoms with Gasteiger partial charge in [-0.2, -0.15) is 0 Å². The number of aliphatic hydroxyl groups excluding tert-OH is 1. The molecule has 1 saturated carbocycles. The summed E-state index contributed by atoms with van der Waals surface area (Å²) >= 11 is 0. The third kappa shape index (κ3) is 1.81. The van der Waals surface area contributed by atoms with Gasteiger partial charge in [-0.3, -0.25) is 0 Å². The zero-order valence-corrected chi connectivity index (χ0v) is 13.9. The molecule has 0 aliphatic heterocycles. The van der Waals surface area contributed by atoms with E-state index in [-0.39, 0.29) is 5.41 Å². The van der Waals surface area contributed by atoms with E-state index in [1.165, 1.54) is 24.8 Å². The standard InChI is InChI=1S/C21H28O/c1-20-12-4-3-5-15(20)6-8-17-18-9-7-16(11-14-22)21(18,2)13-10-19(17)20/h4-5,7,10,12,17-18,22H,3,6,8-9,11,13-14H2,1-2H3/t17-,18-,20-,21+/m0/s1. The first kappa shape index (κ1) is 14.5. The van der Waals surface area contributed by atoms with Gasteiger partial charge in [-0.25, -0.2) is 0 Å². The molecule has 0 heterocycles. The van der Waals surface area contributed by atoms with E-state index in [2.05, 4.69) is 44.2 Å². The first-order valence-corrected chi connectivity index (χ1v) is 8.98. The number of fused-ring (bicyclic) bond motifs is 5. The van der Waals surface area contributed by atoms with Gasteiger partial charge in [0.1, 0.15) is 0 Å². The molecule has 0 aromatic rings. The van der Waals surface area contributed by atoms with E-state index in [0.29, 0.717) is 12.0 Å². The lowest BCUT2D eigenvalue weighted by Gasteiger charge is -2.52. The molecule has 0 aromatic heterocycles. The number of rotatable bonds is 2. The Labute approximate surface area is 134 Å². The molecule has 0 bridgehead atoms. The number of hydrogen-bond donors (Lipinski definition) is 1. The van der Waals surface area contributed by atoms with Crippen LogP contribution < -0.4 is 0 Å². The van der Waals surface area contributed by atoms with Crippen molar-refractivity contribution in [1.82, 2.24) is 0 Å². The summed E-state index contributed by atoms with van der Waals surface area (Å²) in [6, 6.07) is 0. The van der Waals surface area contributed by atoms with Gasteiger partial charge in [0.2, 0.25) is 0 Å². The van der Waals surface area contributed by atoms with Crippen molar-refractivity contribution in [2.75, 3.05) is 6.61 Å². The molecule has 118 valence electrons. The highest BCUT2D eigenvalue weighted by molar-refractivity contribution is 5.45. The van der Waals surface area contributed by atoms with Crippen LogP contribution >= 0.6 is 0 Å². The zero-order valence-electron chi connectivity index (χ0n) is 13.9. The lowest BCUT2D eigenvalue weighted by molar-refractivity contribution is 0.143. The van der Waals surface area contributed by atoms with Gasteiger partial charge in [-0.15, -0.1) is 0 Å². The fraction of sp³-hybridized carbons (Fsp3) is 0.619. The molecule has 1 fully saturated rings. The largest absolute Gasteiger partial charge is 0.396 e. The predicted molar refractivity (Wildman–Crippen MR) is 91.4 cm³/mol. The summed E-state index contributed by atoms with van der Waals surface area (Å²) in [5, 5.41) is 9.39. The van der Waals surface area contributed by atoms with Gasteiger partial charge < -0.3 is 5.11 Å². The lowest BCUT2D eigenvalue weighted by Crippen LogP contribution is -2.42. The summed E-state index contributed by atoms with van der Waals surface area (Å²) in [5.74, 6) is 1.49. The molecule has 0 radical (unpaired) electrons. The highest BCUT2D eigenvalue weighted by Crippen LogP contribution is 2.62. The highest BCUT2D eigenvalue weighted by atomic mass is 16.3. The smallest absolute Gasteiger partial charge is 0.0468 e. The van der Waals surface area contributed by atoms with Crippen molar-refractivity contribution < 1.29 is 5.11 Å². The Hall–Kier alpha value is -1.08. The Morgan fingerprint density at radius 1 is 1.23 bits per heavy atom. The van der Waals surface area contributed by atoms with Crippen molar-refractivity contribution in [3.63, 3.8) is 0 Å². The molecule has 1 heteroatoms. The monoisotopic (exact) mass is 296 g/mol. The molecule has 4 aliphatic rings. The Morgan fingerprint density at radius 2 is 2.09 bits per heavy atom. The van der Waals surface area contributed by atoms with Crippen molar-refractivity contribution in [2.24, 2.45) is 22.7 Å². The van der Waals surface area contributed by atoms with Gasteiger partial charge in [-0.05, 0) is 62.7 Å². The van der Waals surface area contributed by atoms with Gasteiger partial charge in [0.25, 0.3) is 0 Å². The Morgan fingerprint density at radius 3 is 2.91 bits per heavy atom. The summed E-state index contributed by atoms with van der Waals surface area (Å²) in [6.07, 6.45) is 19.3. The summed E-state index contributed by atoms with van der Waals surface area (Å²) < 4.78 is 0. The van der Waals surface area contributed by atoms with E-state index in [4.69, 9.17) is 0 Å². The lowest BCUT2D eigenvalue weighted by atomic mass is 9.52. The maximum Gasteiger partial charge on any atom is 0.0468 e. The SMILES string of the molecule is C[C@]12C=CCC=C1CC[C@@H]1C2=CC[C@]2(C)C(CCO)=CC[C@@H]12. The Bertz CT molecular complexity index is 605. The van der Waals surface area contributed by atoms with Crippen LogP contribution in [-0.2, 0) is 0 Å².